The van der Waals surface area contributed by atoms with E-state index in [0.29, 0.717) is 22.6 Å². The van der Waals surface area contributed by atoms with E-state index >= 15 is 0 Å². The quantitative estimate of drug-likeness (QED) is 0.109. The molecule has 8 nitrogen and oxygen atoms in total. The number of amides is 2. The van der Waals surface area contributed by atoms with Crippen LogP contribution in [0, 0.1) is 0 Å². The Labute approximate surface area is 216 Å². The van der Waals surface area contributed by atoms with Crippen molar-refractivity contribution in [3.8, 4) is 5.75 Å². The van der Waals surface area contributed by atoms with Gasteiger partial charge in [-0.1, -0.05) is 24.3 Å². The first-order chi connectivity index (χ1) is 18.1. The average Bonchev–Trinajstić information content (AvgIpc) is 3.63. The molecule has 0 fully saturated rings. The Morgan fingerprint density at radius 1 is 0.919 bits per heavy atom. The number of hydrogen-bond donors (Lipinski definition) is 2. The summed E-state index contributed by atoms with van der Waals surface area (Å²) in [6.07, 6.45) is 7.30. The van der Waals surface area contributed by atoms with E-state index in [0.717, 1.165) is 4.88 Å². The van der Waals surface area contributed by atoms with Gasteiger partial charge in [-0.25, -0.2) is 10.2 Å². The second-order valence-corrected chi connectivity index (χ2v) is 8.41. The van der Waals surface area contributed by atoms with E-state index in [9.17, 15) is 14.4 Å². The summed E-state index contributed by atoms with van der Waals surface area (Å²) in [7, 11) is 0. The Morgan fingerprint density at radius 2 is 1.73 bits per heavy atom. The molecule has 2 heterocycles. The van der Waals surface area contributed by atoms with Gasteiger partial charge in [0.25, 0.3) is 11.8 Å². The SMILES string of the molecule is O=C(/C=C/c1ccco1)Oc1ccc(C=NNC(=O)/C(=C\c2cccs2)NC(=O)c2ccccc2)cc1. The minimum absolute atomic E-state index is 0.0540. The summed E-state index contributed by atoms with van der Waals surface area (Å²) in [5.74, 6) is -0.652. The van der Waals surface area contributed by atoms with Crippen molar-refractivity contribution in [2.45, 2.75) is 0 Å². The minimum Gasteiger partial charge on any atom is -0.465 e. The first-order valence-electron chi connectivity index (χ1n) is 11.1. The minimum atomic E-state index is -0.581. The molecule has 0 atom stereocenters. The molecule has 0 bridgehead atoms. The van der Waals surface area contributed by atoms with Crippen LogP contribution in [0.2, 0.25) is 0 Å². The zero-order valence-corrected chi connectivity index (χ0v) is 20.2. The van der Waals surface area contributed by atoms with Crippen LogP contribution < -0.4 is 15.5 Å². The molecule has 0 saturated heterocycles. The van der Waals surface area contributed by atoms with Gasteiger partial charge in [0, 0.05) is 16.5 Å². The number of carbonyl (C=O) groups excluding carboxylic acids is 3. The van der Waals surface area contributed by atoms with Crippen LogP contribution >= 0.6 is 11.3 Å². The van der Waals surface area contributed by atoms with E-state index in [4.69, 9.17) is 9.15 Å². The number of nitrogens with zero attached hydrogens (tertiary/aromatic N) is 1. The summed E-state index contributed by atoms with van der Waals surface area (Å²) in [5.41, 5.74) is 3.56. The van der Waals surface area contributed by atoms with Crippen LogP contribution in [0.4, 0.5) is 0 Å². The molecule has 0 unspecified atom stereocenters. The molecule has 37 heavy (non-hydrogen) atoms. The molecule has 9 heteroatoms. The van der Waals surface area contributed by atoms with Crippen molar-refractivity contribution in [3.63, 3.8) is 0 Å². The summed E-state index contributed by atoms with van der Waals surface area (Å²) in [6.45, 7) is 0. The fraction of sp³-hybridized carbons (Fsp3) is 0. The Bertz CT molecular complexity index is 1420. The third-order valence-corrected chi connectivity index (χ3v) is 5.58. The third kappa shape index (κ3) is 7.74. The number of ether oxygens (including phenoxy) is 1. The maximum atomic E-state index is 12.8. The molecular weight excluding hydrogens is 490 g/mol. The van der Waals surface area contributed by atoms with Crippen LogP contribution in [-0.2, 0) is 9.59 Å². The highest BCUT2D eigenvalue weighted by Gasteiger charge is 2.14. The summed E-state index contributed by atoms with van der Waals surface area (Å²) < 4.78 is 10.4. The van der Waals surface area contributed by atoms with Gasteiger partial charge in [0.2, 0.25) is 0 Å². The van der Waals surface area contributed by atoms with E-state index < -0.39 is 17.8 Å². The summed E-state index contributed by atoms with van der Waals surface area (Å²) in [4.78, 5) is 38.1. The fourth-order valence-electron chi connectivity index (χ4n) is 2.99. The van der Waals surface area contributed by atoms with E-state index in [1.807, 2.05) is 17.5 Å². The smallest absolute Gasteiger partial charge is 0.336 e. The molecule has 2 aromatic heterocycles. The molecule has 2 amide bonds. The maximum absolute atomic E-state index is 12.8. The van der Waals surface area contributed by atoms with Gasteiger partial charge in [-0.15, -0.1) is 11.3 Å². The molecule has 4 rings (SSSR count). The van der Waals surface area contributed by atoms with Crippen molar-refractivity contribution in [2.24, 2.45) is 5.10 Å². The lowest BCUT2D eigenvalue weighted by molar-refractivity contribution is -0.128. The number of thiophene rings is 1. The predicted molar refractivity (Wildman–Crippen MR) is 142 cm³/mol. The number of nitrogens with one attached hydrogen (secondary N) is 2. The molecule has 0 aliphatic rings. The zero-order valence-electron chi connectivity index (χ0n) is 19.4. The van der Waals surface area contributed by atoms with E-state index in [1.54, 1.807) is 72.8 Å². The Kier molecular flexibility index (Phi) is 8.55. The molecule has 2 N–H and O–H groups in total. The van der Waals surface area contributed by atoms with E-state index in [-0.39, 0.29) is 5.70 Å². The standard InChI is InChI=1S/C28H21N3O5S/c32-26(15-14-22-8-4-16-35-22)36-23-12-10-20(11-13-23)19-29-31-28(34)25(18-24-9-5-17-37-24)30-27(33)21-6-2-1-3-7-21/h1-19H,(H,30,33)(H,31,34)/b15-14+,25-18+,29-19?. The summed E-state index contributed by atoms with van der Waals surface area (Å²) in [6, 6.07) is 22.3. The van der Waals surface area contributed by atoms with Gasteiger partial charge >= 0.3 is 5.97 Å². The Morgan fingerprint density at radius 3 is 2.43 bits per heavy atom. The lowest BCUT2D eigenvalue weighted by Gasteiger charge is -2.08. The monoisotopic (exact) mass is 511 g/mol. The number of rotatable bonds is 9. The maximum Gasteiger partial charge on any atom is 0.336 e. The van der Waals surface area contributed by atoms with Crippen LogP contribution in [0.15, 0.2) is 112 Å². The molecule has 0 spiro atoms. The highest BCUT2D eigenvalue weighted by atomic mass is 32.1. The Balaban J connectivity index is 1.35. The molecule has 184 valence electrons. The second kappa shape index (κ2) is 12.6. The van der Waals surface area contributed by atoms with Gasteiger partial charge < -0.3 is 14.5 Å². The largest absolute Gasteiger partial charge is 0.465 e. The normalized spacial score (nSPS) is 11.5. The van der Waals surface area contributed by atoms with Gasteiger partial charge in [-0.05, 0) is 77.7 Å². The van der Waals surface area contributed by atoms with Crippen molar-refractivity contribution in [1.82, 2.24) is 10.7 Å². The second-order valence-electron chi connectivity index (χ2n) is 7.43. The van der Waals surface area contributed by atoms with E-state index in [1.165, 1.54) is 36.0 Å². The first-order valence-corrected chi connectivity index (χ1v) is 11.9. The molecule has 0 aliphatic carbocycles. The Hall–Kier alpha value is -5.02. The van der Waals surface area contributed by atoms with Crippen molar-refractivity contribution < 1.29 is 23.5 Å². The third-order valence-electron chi connectivity index (χ3n) is 4.76. The van der Waals surface area contributed by atoms with Gasteiger partial charge in [0.15, 0.2) is 0 Å². The zero-order chi connectivity index (χ0) is 25.9. The lowest BCUT2D eigenvalue weighted by Crippen LogP contribution is -2.32. The van der Waals surface area contributed by atoms with Crippen molar-refractivity contribution in [2.75, 3.05) is 0 Å². The molecule has 0 saturated carbocycles. The first kappa shape index (κ1) is 25.1. The van der Waals surface area contributed by atoms with Crippen LogP contribution in [0.5, 0.6) is 5.75 Å². The van der Waals surface area contributed by atoms with Gasteiger partial charge in [0.1, 0.15) is 17.2 Å². The van der Waals surface area contributed by atoms with Crippen molar-refractivity contribution in [3.05, 3.63) is 124 Å². The number of furan rings is 1. The predicted octanol–water partition coefficient (Wildman–Crippen LogP) is 4.88. The van der Waals surface area contributed by atoms with Crippen LogP contribution in [0.1, 0.15) is 26.6 Å². The van der Waals surface area contributed by atoms with Crippen LogP contribution in [0.3, 0.4) is 0 Å². The van der Waals surface area contributed by atoms with E-state index in [2.05, 4.69) is 15.8 Å². The molecule has 4 aromatic rings. The molecule has 0 aliphatic heterocycles. The lowest BCUT2D eigenvalue weighted by atomic mass is 10.2. The summed E-state index contributed by atoms with van der Waals surface area (Å²) in [5, 5.41) is 8.50. The van der Waals surface area contributed by atoms with Gasteiger partial charge in [-0.3, -0.25) is 9.59 Å². The summed E-state index contributed by atoms with van der Waals surface area (Å²) >= 11 is 1.43. The van der Waals surface area contributed by atoms with Crippen LogP contribution in [-0.4, -0.2) is 24.0 Å². The molecule has 0 radical (unpaired) electrons. The number of hydrogen-bond acceptors (Lipinski definition) is 7. The van der Waals surface area contributed by atoms with Gasteiger partial charge in [0.05, 0.1) is 12.5 Å². The molecule has 2 aromatic carbocycles. The molecular formula is C28H21N3O5S. The number of carbonyl (C=O) groups is 3. The fourth-order valence-corrected chi connectivity index (χ4v) is 3.65. The van der Waals surface area contributed by atoms with Gasteiger partial charge in [-0.2, -0.15) is 5.10 Å². The van der Waals surface area contributed by atoms with Crippen molar-refractivity contribution >= 4 is 47.5 Å². The number of esters is 1. The number of hydrazone groups is 1. The highest BCUT2D eigenvalue weighted by molar-refractivity contribution is 7.10. The average molecular weight is 512 g/mol. The topological polar surface area (TPSA) is 110 Å². The highest BCUT2D eigenvalue weighted by Crippen LogP contribution is 2.14. The number of benzene rings is 2. The van der Waals surface area contributed by atoms with Crippen LogP contribution in [0.25, 0.3) is 12.2 Å². The van der Waals surface area contributed by atoms with Crippen molar-refractivity contribution in [1.29, 1.82) is 0 Å².